The van der Waals surface area contributed by atoms with E-state index in [-0.39, 0.29) is 0 Å². The molecule has 0 bridgehead atoms. The lowest BCUT2D eigenvalue weighted by atomic mass is 10.2. The van der Waals surface area contributed by atoms with E-state index in [0.29, 0.717) is 16.7 Å². The number of ether oxygens (including phenoxy) is 1. The van der Waals surface area contributed by atoms with Crippen molar-refractivity contribution in [1.29, 1.82) is 0 Å². The Kier molecular flexibility index (Phi) is 6.62. The number of nitrogens with one attached hydrogen (secondary N) is 1. The maximum Gasteiger partial charge on any atom is 0.122 e. The molecule has 0 radical (unpaired) electrons. The summed E-state index contributed by atoms with van der Waals surface area (Å²) >= 11 is 11.7. The Bertz CT molecular complexity index is 298. The number of unbranched alkanes of at least 4 members (excludes halogenated alkanes) is 2. The minimum absolute atomic E-state index is 0.609. The molecule has 4 heteroatoms. The van der Waals surface area contributed by atoms with Crippen LogP contribution in [0.1, 0.15) is 19.3 Å². The molecule has 0 heterocycles. The van der Waals surface area contributed by atoms with Crippen molar-refractivity contribution < 1.29 is 4.74 Å². The van der Waals surface area contributed by atoms with E-state index in [0.717, 1.165) is 25.1 Å². The van der Waals surface area contributed by atoms with Gasteiger partial charge in [-0.25, -0.2) is 0 Å². The quantitative estimate of drug-likeness (QED) is 0.755. The van der Waals surface area contributed by atoms with Crippen molar-refractivity contribution in [2.75, 3.05) is 20.2 Å². The molecule has 0 saturated carbocycles. The Hall–Kier alpha value is -0.440. The molecular formula is C12H17Cl2NO. The molecule has 0 saturated heterocycles. The zero-order valence-corrected chi connectivity index (χ0v) is 10.9. The molecule has 0 spiro atoms. The molecular weight excluding hydrogens is 245 g/mol. The number of benzene rings is 1. The first-order valence-corrected chi connectivity index (χ1v) is 6.21. The highest BCUT2D eigenvalue weighted by Crippen LogP contribution is 2.24. The van der Waals surface area contributed by atoms with E-state index < -0.39 is 0 Å². The molecule has 1 aromatic rings. The molecule has 16 heavy (non-hydrogen) atoms. The van der Waals surface area contributed by atoms with Crippen LogP contribution in [0.3, 0.4) is 0 Å². The molecule has 0 fully saturated rings. The van der Waals surface area contributed by atoms with Gasteiger partial charge in [-0.05, 0) is 51.1 Å². The molecule has 0 aliphatic carbocycles. The highest BCUT2D eigenvalue weighted by atomic mass is 35.5. The second kappa shape index (κ2) is 7.77. The van der Waals surface area contributed by atoms with Crippen molar-refractivity contribution >= 4 is 23.2 Å². The molecule has 0 aliphatic rings. The van der Waals surface area contributed by atoms with Gasteiger partial charge in [0.25, 0.3) is 0 Å². The van der Waals surface area contributed by atoms with Gasteiger partial charge < -0.3 is 10.1 Å². The third-order valence-electron chi connectivity index (χ3n) is 2.18. The van der Waals surface area contributed by atoms with Gasteiger partial charge in [0, 0.05) is 10.0 Å². The van der Waals surface area contributed by atoms with Crippen LogP contribution < -0.4 is 10.1 Å². The molecule has 0 aromatic heterocycles. The highest BCUT2D eigenvalue weighted by Gasteiger charge is 1.98. The fraction of sp³-hybridized carbons (Fsp3) is 0.500. The third-order valence-corrected chi connectivity index (χ3v) is 2.61. The summed E-state index contributed by atoms with van der Waals surface area (Å²) in [6, 6.07) is 5.25. The van der Waals surface area contributed by atoms with E-state index in [1.165, 1.54) is 6.42 Å². The second-order valence-electron chi connectivity index (χ2n) is 3.62. The van der Waals surface area contributed by atoms with E-state index in [1.807, 2.05) is 7.05 Å². The zero-order valence-electron chi connectivity index (χ0n) is 9.43. The van der Waals surface area contributed by atoms with Crippen LogP contribution in [0.2, 0.25) is 10.0 Å². The van der Waals surface area contributed by atoms with Gasteiger partial charge in [0.05, 0.1) is 6.61 Å². The van der Waals surface area contributed by atoms with E-state index in [2.05, 4.69) is 5.32 Å². The molecule has 1 N–H and O–H groups in total. The Labute approximate surface area is 107 Å². The van der Waals surface area contributed by atoms with Crippen LogP contribution in [0.5, 0.6) is 5.75 Å². The fourth-order valence-corrected chi connectivity index (χ4v) is 1.89. The van der Waals surface area contributed by atoms with Gasteiger partial charge in [0.15, 0.2) is 0 Å². The number of halogens is 2. The molecule has 0 unspecified atom stereocenters. The van der Waals surface area contributed by atoms with Gasteiger partial charge in [0.2, 0.25) is 0 Å². The molecule has 90 valence electrons. The van der Waals surface area contributed by atoms with Crippen LogP contribution in [-0.2, 0) is 0 Å². The predicted molar refractivity (Wildman–Crippen MR) is 69.7 cm³/mol. The SMILES string of the molecule is CNCCCCCOc1cc(Cl)cc(Cl)c1. The molecule has 1 rings (SSSR count). The number of rotatable bonds is 7. The van der Waals surface area contributed by atoms with E-state index in [4.69, 9.17) is 27.9 Å². The summed E-state index contributed by atoms with van der Waals surface area (Å²) in [5, 5.41) is 4.33. The first kappa shape index (κ1) is 13.6. The van der Waals surface area contributed by atoms with Crippen molar-refractivity contribution in [3.63, 3.8) is 0 Å². The van der Waals surface area contributed by atoms with Crippen molar-refractivity contribution in [3.8, 4) is 5.75 Å². The van der Waals surface area contributed by atoms with Crippen molar-refractivity contribution in [2.24, 2.45) is 0 Å². The Morgan fingerprint density at radius 2 is 1.75 bits per heavy atom. The molecule has 0 amide bonds. The zero-order chi connectivity index (χ0) is 11.8. The topological polar surface area (TPSA) is 21.3 Å². The fourth-order valence-electron chi connectivity index (χ4n) is 1.38. The maximum absolute atomic E-state index is 5.86. The second-order valence-corrected chi connectivity index (χ2v) is 4.49. The summed E-state index contributed by atoms with van der Waals surface area (Å²) in [4.78, 5) is 0. The minimum Gasteiger partial charge on any atom is -0.493 e. The summed E-state index contributed by atoms with van der Waals surface area (Å²) in [6.45, 7) is 1.77. The van der Waals surface area contributed by atoms with E-state index >= 15 is 0 Å². The largest absolute Gasteiger partial charge is 0.493 e. The van der Waals surface area contributed by atoms with Gasteiger partial charge in [-0.1, -0.05) is 23.2 Å². The van der Waals surface area contributed by atoms with Crippen LogP contribution in [-0.4, -0.2) is 20.2 Å². The predicted octanol–water partition coefficient (Wildman–Crippen LogP) is 3.76. The summed E-state index contributed by atoms with van der Waals surface area (Å²) in [7, 11) is 1.96. The van der Waals surface area contributed by atoms with Crippen molar-refractivity contribution in [3.05, 3.63) is 28.2 Å². The van der Waals surface area contributed by atoms with Gasteiger partial charge in [-0.2, -0.15) is 0 Å². The monoisotopic (exact) mass is 261 g/mol. The number of hydrogen-bond donors (Lipinski definition) is 1. The maximum atomic E-state index is 5.86. The number of hydrogen-bond acceptors (Lipinski definition) is 2. The molecule has 0 atom stereocenters. The standard InChI is InChI=1S/C12H17Cl2NO/c1-15-5-3-2-4-6-16-12-8-10(13)7-11(14)9-12/h7-9,15H,2-6H2,1H3. The van der Waals surface area contributed by atoms with Crippen LogP contribution in [0.15, 0.2) is 18.2 Å². The molecule has 2 nitrogen and oxygen atoms in total. The normalized spacial score (nSPS) is 10.4. The summed E-state index contributed by atoms with van der Waals surface area (Å²) in [5.74, 6) is 0.742. The Balaban J connectivity index is 2.21. The van der Waals surface area contributed by atoms with Crippen LogP contribution in [0.4, 0.5) is 0 Å². The summed E-state index contributed by atoms with van der Waals surface area (Å²) in [6.07, 6.45) is 3.39. The van der Waals surface area contributed by atoms with Crippen molar-refractivity contribution in [1.82, 2.24) is 5.32 Å². The first-order valence-electron chi connectivity index (χ1n) is 5.46. The lowest BCUT2D eigenvalue weighted by Gasteiger charge is -2.07. The lowest BCUT2D eigenvalue weighted by Crippen LogP contribution is -2.07. The third kappa shape index (κ3) is 5.59. The Morgan fingerprint density at radius 1 is 1.06 bits per heavy atom. The minimum atomic E-state index is 0.609. The van der Waals surface area contributed by atoms with Gasteiger partial charge in [-0.3, -0.25) is 0 Å². The van der Waals surface area contributed by atoms with Gasteiger partial charge >= 0.3 is 0 Å². The molecule has 1 aromatic carbocycles. The summed E-state index contributed by atoms with van der Waals surface area (Å²) < 4.78 is 5.56. The van der Waals surface area contributed by atoms with Crippen LogP contribution >= 0.6 is 23.2 Å². The Morgan fingerprint density at radius 3 is 2.38 bits per heavy atom. The van der Waals surface area contributed by atoms with Crippen molar-refractivity contribution in [2.45, 2.75) is 19.3 Å². The molecule has 0 aliphatic heterocycles. The highest BCUT2D eigenvalue weighted by molar-refractivity contribution is 6.34. The van der Waals surface area contributed by atoms with E-state index in [1.54, 1.807) is 18.2 Å². The van der Waals surface area contributed by atoms with E-state index in [9.17, 15) is 0 Å². The first-order chi connectivity index (χ1) is 7.72. The van der Waals surface area contributed by atoms with Gasteiger partial charge in [0.1, 0.15) is 5.75 Å². The van der Waals surface area contributed by atoms with Crippen LogP contribution in [0, 0.1) is 0 Å². The van der Waals surface area contributed by atoms with Gasteiger partial charge in [-0.15, -0.1) is 0 Å². The smallest absolute Gasteiger partial charge is 0.122 e. The average molecular weight is 262 g/mol. The lowest BCUT2D eigenvalue weighted by molar-refractivity contribution is 0.305. The average Bonchev–Trinajstić information content (AvgIpc) is 2.22. The van der Waals surface area contributed by atoms with Crippen LogP contribution in [0.25, 0.3) is 0 Å². The summed E-state index contributed by atoms with van der Waals surface area (Å²) in [5.41, 5.74) is 0.